The molecular weight excluding hydrogens is 400 g/mol. The molecule has 4 aromatic rings. The summed E-state index contributed by atoms with van der Waals surface area (Å²) in [6.45, 7) is 2.35. The Kier molecular flexibility index (Phi) is 5.68. The highest BCUT2D eigenvalue weighted by Crippen LogP contribution is 2.29. The Morgan fingerprint density at radius 3 is 2.57 bits per heavy atom. The Balaban J connectivity index is 1.53. The monoisotopic (exact) mass is 420 g/mol. The summed E-state index contributed by atoms with van der Waals surface area (Å²) in [6, 6.07) is 17.5. The van der Waals surface area contributed by atoms with Crippen LogP contribution in [0, 0.1) is 6.92 Å². The quantitative estimate of drug-likeness (QED) is 0.503. The van der Waals surface area contributed by atoms with Crippen molar-refractivity contribution in [3.63, 3.8) is 0 Å². The van der Waals surface area contributed by atoms with Gasteiger partial charge in [0.25, 0.3) is 5.91 Å². The number of rotatable bonds is 6. The lowest BCUT2D eigenvalue weighted by Gasteiger charge is -2.08. The van der Waals surface area contributed by atoms with Crippen LogP contribution in [0.15, 0.2) is 60.8 Å². The van der Waals surface area contributed by atoms with Crippen molar-refractivity contribution in [2.45, 2.75) is 13.3 Å². The maximum absolute atomic E-state index is 12.7. The first kappa shape index (κ1) is 19.9. The van der Waals surface area contributed by atoms with Crippen LogP contribution in [-0.4, -0.2) is 34.3 Å². The molecular formula is C23H21ClN4O2. The lowest BCUT2D eigenvalue weighted by atomic mass is 10.1. The number of aryl methyl sites for hydroxylation is 1. The van der Waals surface area contributed by atoms with Crippen LogP contribution in [0.25, 0.3) is 16.7 Å². The number of methoxy groups -OCH3 is 1. The van der Waals surface area contributed by atoms with Crippen molar-refractivity contribution in [2.75, 3.05) is 13.7 Å². The van der Waals surface area contributed by atoms with Gasteiger partial charge in [-0.15, -0.1) is 0 Å². The smallest absolute Gasteiger partial charge is 0.254 e. The van der Waals surface area contributed by atoms with Crippen molar-refractivity contribution in [3.8, 4) is 11.4 Å². The standard InChI is InChI=1S/C23H21ClN4O2/c1-15-20-21(24)19(14-26-22(20)28(27-15)17-6-4-3-5-7-17)23(29)25-13-12-16-8-10-18(30-2)11-9-16/h3-11,14H,12-13H2,1-2H3,(H,25,29). The summed E-state index contributed by atoms with van der Waals surface area (Å²) in [5.74, 6) is 0.551. The van der Waals surface area contributed by atoms with E-state index in [1.807, 2.05) is 61.5 Å². The highest BCUT2D eigenvalue weighted by atomic mass is 35.5. The molecule has 1 amide bonds. The Morgan fingerprint density at radius 1 is 1.13 bits per heavy atom. The maximum Gasteiger partial charge on any atom is 0.254 e. The van der Waals surface area contributed by atoms with Gasteiger partial charge in [0, 0.05) is 12.7 Å². The first-order valence-electron chi connectivity index (χ1n) is 9.59. The molecule has 0 saturated heterocycles. The van der Waals surface area contributed by atoms with E-state index in [0.717, 1.165) is 22.7 Å². The minimum Gasteiger partial charge on any atom is -0.497 e. The third-order valence-corrected chi connectivity index (χ3v) is 5.30. The van der Waals surface area contributed by atoms with Gasteiger partial charge >= 0.3 is 0 Å². The molecule has 0 unspecified atom stereocenters. The highest BCUT2D eigenvalue weighted by Gasteiger charge is 2.19. The van der Waals surface area contributed by atoms with Crippen LogP contribution in [-0.2, 0) is 6.42 Å². The number of hydrogen-bond donors (Lipinski definition) is 1. The molecule has 6 nitrogen and oxygen atoms in total. The zero-order valence-corrected chi connectivity index (χ0v) is 17.5. The first-order valence-corrected chi connectivity index (χ1v) is 9.96. The molecule has 152 valence electrons. The third-order valence-electron chi connectivity index (χ3n) is 4.91. The summed E-state index contributed by atoms with van der Waals surface area (Å²) in [7, 11) is 1.63. The second-order valence-corrected chi connectivity index (χ2v) is 7.25. The van der Waals surface area contributed by atoms with Crippen molar-refractivity contribution in [1.29, 1.82) is 0 Å². The van der Waals surface area contributed by atoms with Crippen LogP contribution >= 0.6 is 11.6 Å². The average Bonchev–Trinajstić information content (AvgIpc) is 3.12. The number of halogens is 1. The van der Waals surface area contributed by atoms with Gasteiger partial charge in [-0.1, -0.05) is 41.9 Å². The van der Waals surface area contributed by atoms with Gasteiger partial charge in [-0.05, 0) is 43.2 Å². The number of para-hydroxylation sites is 1. The number of amides is 1. The highest BCUT2D eigenvalue weighted by molar-refractivity contribution is 6.38. The first-order chi connectivity index (χ1) is 14.6. The van der Waals surface area contributed by atoms with Gasteiger partial charge in [-0.2, -0.15) is 5.10 Å². The molecule has 0 bridgehead atoms. The third kappa shape index (κ3) is 3.86. The van der Waals surface area contributed by atoms with Crippen molar-refractivity contribution in [1.82, 2.24) is 20.1 Å². The number of hydrogen-bond acceptors (Lipinski definition) is 4. The summed E-state index contributed by atoms with van der Waals surface area (Å²) in [5.41, 5.74) is 3.68. The topological polar surface area (TPSA) is 69.0 Å². The molecule has 0 atom stereocenters. The maximum atomic E-state index is 12.7. The van der Waals surface area contributed by atoms with Crippen LogP contribution in [0.2, 0.25) is 5.02 Å². The van der Waals surface area contributed by atoms with E-state index >= 15 is 0 Å². The predicted octanol–water partition coefficient (Wildman–Crippen LogP) is 4.36. The van der Waals surface area contributed by atoms with E-state index in [-0.39, 0.29) is 5.91 Å². The van der Waals surface area contributed by atoms with E-state index in [2.05, 4.69) is 15.4 Å². The van der Waals surface area contributed by atoms with Gasteiger partial charge in [0.15, 0.2) is 5.65 Å². The van der Waals surface area contributed by atoms with Gasteiger partial charge in [-0.25, -0.2) is 9.67 Å². The van der Waals surface area contributed by atoms with E-state index in [1.54, 1.807) is 11.8 Å². The number of pyridine rings is 1. The van der Waals surface area contributed by atoms with E-state index in [0.29, 0.717) is 34.6 Å². The summed E-state index contributed by atoms with van der Waals surface area (Å²) < 4.78 is 6.90. The Bertz CT molecular complexity index is 1190. The number of ether oxygens (including phenoxy) is 1. The number of aromatic nitrogens is 3. The minimum atomic E-state index is -0.255. The number of nitrogens with one attached hydrogen (secondary N) is 1. The molecule has 0 spiro atoms. The summed E-state index contributed by atoms with van der Waals surface area (Å²) in [6.07, 6.45) is 2.21. The minimum absolute atomic E-state index is 0.255. The molecule has 0 radical (unpaired) electrons. The number of nitrogens with zero attached hydrogens (tertiary/aromatic N) is 3. The van der Waals surface area contributed by atoms with E-state index < -0.39 is 0 Å². The summed E-state index contributed by atoms with van der Waals surface area (Å²) >= 11 is 6.60. The zero-order valence-electron chi connectivity index (χ0n) is 16.7. The summed E-state index contributed by atoms with van der Waals surface area (Å²) in [5, 5.41) is 8.53. The fraction of sp³-hybridized carbons (Fsp3) is 0.174. The van der Waals surface area contributed by atoms with Gasteiger partial charge in [0.05, 0.1) is 34.5 Å². The SMILES string of the molecule is COc1ccc(CCNC(=O)c2cnc3c(c(C)nn3-c3ccccc3)c2Cl)cc1. The van der Waals surface area contributed by atoms with E-state index in [1.165, 1.54) is 6.20 Å². The largest absolute Gasteiger partial charge is 0.497 e. The molecule has 2 aromatic carbocycles. The Morgan fingerprint density at radius 2 is 1.87 bits per heavy atom. The van der Waals surface area contributed by atoms with Crippen LogP contribution < -0.4 is 10.1 Å². The molecule has 7 heteroatoms. The molecule has 0 aliphatic rings. The Hall–Kier alpha value is -3.38. The van der Waals surface area contributed by atoms with E-state index in [9.17, 15) is 4.79 Å². The second kappa shape index (κ2) is 8.55. The normalized spacial score (nSPS) is 10.9. The molecule has 2 heterocycles. The second-order valence-electron chi connectivity index (χ2n) is 6.87. The zero-order chi connectivity index (χ0) is 21.1. The fourth-order valence-corrected chi connectivity index (χ4v) is 3.68. The molecule has 1 N–H and O–H groups in total. The van der Waals surface area contributed by atoms with Gasteiger partial charge < -0.3 is 10.1 Å². The van der Waals surface area contributed by atoms with Crippen molar-refractivity contribution in [2.24, 2.45) is 0 Å². The van der Waals surface area contributed by atoms with Crippen molar-refractivity contribution in [3.05, 3.63) is 82.6 Å². The lowest BCUT2D eigenvalue weighted by Crippen LogP contribution is -2.26. The van der Waals surface area contributed by atoms with Crippen LogP contribution in [0.4, 0.5) is 0 Å². The van der Waals surface area contributed by atoms with Crippen molar-refractivity contribution >= 4 is 28.5 Å². The van der Waals surface area contributed by atoms with E-state index in [4.69, 9.17) is 16.3 Å². The number of carbonyl (C=O) groups excluding carboxylic acids is 1. The number of carbonyl (C=O) groups is 1. The molecule has 0 saturated carbocycles. The number of benzene rings is 2. The molecule has 0 fully saturated rings. The molecule has 2 aromatic heterocycles. The fourth-order valence-electron chi connectivity index (χ4n) is 3.32. The molecule has 0 aliphatic carbocycles. The van der Waals surface area contributed by atoms with Gasteiger partial charge in [-0.3, -0.25) is 4.79 Å². The van der Waals surface area contributed by atoms with Gasteiger partial charge in [0.2, 0.25) is 0 Å². The van der Waals surface area contributed by atoms with Crippen molar-refractivity contribution < 1.29 is 9.53 Å². The molecule has 30 heavy (non-hydrogen) atoms. The molecule has 4 rings (SSSR count). The average molecular weight is 421 g/mol. The lowest BCUT2D eigenvalue weighted by molar-refractivity contribution is 0.0954. The van der Waals surface area contributed by atoms with Crippen LogP contribution in [0.1, 0.15) is 21.6 Å². The summed E-state index contributed by atoms with van der Waals surface area (Å²) in [4.78, 5) is 17.2. The molecule has 0 aliphatic heterocycles. The predicted molar refractivity (Wildman–Crippen MR) is 118 cm³/mol. The van der Waals surface area contributed by atoms with Crippen LogP contribution in [0.3, 0.4) is 0 Å². The number of fused-ring (bicyclic) bond motifs is 1. The van der Waals surface area contributed by atoms with Gasteiger partial charge in [0.1, 0.15) is 5.75 Å². The van der Waals surface area contributed by atoms with Crippen LogP contribution in [0.5, 0.6) is 5.75 Å². The Labute approximate surface area is 179 Å².